The summed E-state index contributed by atoms with van der Waals surface area (Å²) in [5.74, 6) is -1.35. The van der Waals surface area contributed by atoms with E-state index < -0.39 is 17.9 Å². The molecule has 1 aromatic carbocycles. The molecule has 3 nitrogen and oxygen atoms in total. The second-order valence-corrected chi connectivity index (χ2v) is 2.94. The van der Waals surface area contributed by atoms with E-state index in [4.69, 9.17) is 0 Å². The van der Waals surface area contributed by atoms with Gasteiger partial charge in [0.25, 0.3) is 0 Å². The van der Waals surface area contributed by atoms with Gasteiger partial charge in [-0.05, 0) is 6.07 Å². The Morgan fingerprint density at radius 2 is 2.13 bits per heavy atom. The van der Waals surface area contributed by atoms with Crippen molar-refractivity contribution in [3.8, 4) is 0 Å². The highest BCUT2D eigenvalue weighted by molar-refractivity contribution is 5.88. The standard InChI is InChI=1S/C11H11FO3/c1-7(11(14)15-2)10(13)8-5-3-4-6-9(8)12/h3-6,10,13H,1H2,2H3. The van der Waals surface area contributed by atoms with Crippen LogP contribution in [-0.4, -0.2) is 18.2 Å². The number of rotatable bonds is 3. The molecule has 0 aliphatic rings. The molecule has 0 heterocycles. The molecule has 1 unspecified atom stereocenters. The third-order valence-electron chi connectivity index (χ3n) is 1.98. The summed E-state index contributed by atoms with van der Waals surface area (Å²) < 4.78 is 17.6. The molecule has 1 aromatic rings. The maximum atomic E-state index is 13.2. The van der Waals surface area contributed by atoms with Crippen LogP contribution in [-0.2, 0) is 9.53 Å². The summed E-state index contributed by atoms with van der Waals surface area (Å²) >= 11 is 0. The van der Waals surface area contributed by atoms with E-state index in [9.17, 15) is 14.3 Å². The SMILES string of the molecule is C=C(C(=O)OC)C(O)c1ccccc1F. The first-order valence-corrected chi connectivity index (χ1v) is 4.27. The molecule has 0 aromatic heterocycles. The highest BCUT2D eigenvalue weighted by atomic mass is 19.1. The van der Waals surface area contributed by atoms with Gasteiger partial charge in [0.2, 0.25) is 0 Å². The summed E-state index contributed by atoms with van der Waals surface area (Å²) in [4.78, 5) is 11.0. The Bertz CT molecular complexity index is 387. The Balaban J connectivity index is 2.95. The number of hydrogen-bond acceptors (Lipinski definition) is 3. The number of benzene rings is 1. The minimum absolute atomic E-state index is 0.00731. The van der Waals surface area contributed by atoms with Gasteiger partial charge in [0, 0.05) is 5.56 Å². The number of hydrogen-bond donors (Lipinski definition) is 1. The van der Waals surface area contributed by atoms with Gasteiger partial charge in [0.05, 0.1) is 12.7 Å². The van der Waals surface area contributed by atoms with E-state index in [0.29, 0.717) is 0 Å². The number of carbonyl (C=O) groups excluding carboxylic acids is 1. The summed E-state index contributed by atoms with van der Waals surface area (Å²) in [5, 5.41) is 9.63. The summed E-state index contributed by atoms with van der Waals surface area (Å²) in [6.07, 6.45) is -1.38. The van der Waals surface area contributed by atoms with Crippen LogP contribution in [0, 0.1) is 5.82 Å². The van der Waals surface area contributed by atoms with Gasteiger partial charge in [0.15, 0.2) is 0 Å². The summed E-state index contributed by atoms with van der Waals surface area (Å²) in [6, 6.07) is 5.63. The molecular weight excluding hydrogens is 199 g/mol. The first kappa shape index (κ1) is 11.4. The molecule has 1 N–H and O–H groups in total. The Morgan fingerprint density at radius 1 is 1.53 bits per heavy atom. The lowest BCUT2D eigenvalue weighted by Crippen LogP contribution is -2.13. The number of aliphatic hydroxyl groups excluding tert-OH is 1. The zero-order valence-electron chi connectivity index (χ0n) is 8.24. The summed E-state index contributed by atoms with van der Waals surface area (Å²) in [6.45, 7) is 3.35. The quantitative estimate of drug-likeness (QED) is 0.608. The fraction of sp³-hybridized carbons (Fsp3) is 0.182. The third-order valence-corrected chi connectivity index (χ3v) is 1.98. The van der Waals surface area contributed by atoms with Crippen molar-refractivity contribution in [1.82, 2.24) is 0 Å². The first-order chi connectivity index (χ1) is 7.07. The van der Waals surface area contributed by atoms with Crippen LogP contribution in [0.15, 0.2) is 36.4 Å². The number of carbonyl (C=O) groups is 1. The largest absolute Gasteiger partial charge is 0.466 e. The molecule has 0 fully saturated rings. The van der Waals surface area contributed by atoms with Crippen LogP contribution < -0.4 is 0 Å². The molecule has 0 bridgehead atoms. The normalized spacial score (nSPS) is 11.9. The Labute approximate surface area is 86.8 Å². The molecule has 4 heteroatoms. The van der Waals surface area contributed by atoms with Gasteiger partial charge in [-0.2, -0.15) is 0 Å². The minimum atomic E-state index is -1.38. The van der Waals surface area contributed by atoms with E-state index in [1.54, 1.807) is 6.07 Å². The highest BCUT2D eigenvalue weighted by Gasteiger charge is 2.21. The van der Waals surface area contributed by atoms with Crippen LogP contribution in [0.25, 0.3) is 0 Å². The van der Waals surface area contributed by atoms with Crippen molar-refractivity contribution in [2.45, 2.75) is 6.10 Å². The van der Waals surface area contributed by atoms with Gasteiger partial charge >= 0.3 is 5.97 Å². The second-order valence-electron chi connectivity index (χ2n) is 2.94. The van der Waals surface area contributed by atoms with Gasteiger partial charge in [0.1, 0.15) is 11.9 Å². The van der Waals surface area contributed by atoms with Crippen LogP contribution in [0.4, 0.5) is 4.39 Å². The second kappa shape index (κ2) is 4.70. The zero-order valence-corrected chi connectivity index (χ0v) is 8.24. The van der Waals surface area contributed by atoms with Gasteiger partial charge < -0.3 is 9.84 Å². The summed E-state index contributed by atoms with van der Waals surface area (Å²) in [5.41, 5.74) is -0.185. The third kappa shape index (κ3) is 2.41. The van der Waals surface area contributed by atoms with E-state index in [-0.39, 0.29) is 11.1 Å². The molecule has 0 saturated carbocycles. The molecule has 0 aliphatic carbocycles. The Morgan fingerprint density at radius 3 is 2.67 bits per heavy atom. The molecular formula is C11H11FO3. The molecule has 0 radical (unpaired) electrons. The molecule has 15 heavy (non-hydrogen) atoms. The van der Waals surface area contributed by atoms with Crippen molar-refractivity contribution in [3.05, 3.63) is 47.8 Å². The smallest absolute Gasteiger partial charge is 0.336 e. The predicted octanol–water partition coefficient (Wildman–Crippen LogP) is 1.59. The van der Waals surface area contributed by atoms with Gasteiger partial charge in [-0.1, -0.05) is 24.8 Å². The number of halogens is 1. The van der Waals surface area contributed by atoms with E-state index in [2.05, 4.69) is 11.3 Å². The number of ether oxygens (including phenoxy) is 1. The molecule has 0 saturated heterocycles. The fourth-order valence-corrected chi connectivity index (χ4v) is 1.13. The van der Waals surface area contributed by atoms with E-state index in [1.807, 2.05) is 0 Å². The zero-order chi connectivity index (χ0) is 11.4. The highest BCUT2D eigenvalue weighted by Crippen LogP contribution is 2.23. The van der Waals surface area contributed by atoms with Gasteiger partial charge in [-0.3, -0.25) is 0 Å². The Hall–Kier alpha value is -1.68. The maximum absolute atomic E-state index is 13.2. The van der Waals surface area contributed by atoms with Crippen LogP contribution in [0.3, 0.4) is 0 Å². The molecule has 1 atom stereocenters. The number of methoxy groups -OCH3 is 1. The average Bonchev–Trinajstić information content (AvgIpc) is 2.26. The van der Waals surface area contributed by atoms with Crippen molar-refractivity contribution in [2.75, 3.05) is 7.11 Å². The fourth-order valence-electron chi connectivity index (χ4n) is 1.13. The number of aliphatic hydroxyl groups is 1. The van der Waals surface area contributed by atoms with Crippen LogP contribution in [0.5, 0.6) is 0 Å². The van der Waals surface area contributed by atoms with Crippen molar-refractivity contribution >= 4 is 5.97 Å². The van der Waals surface area contributed by atoms with Crippen molar-refractivity contribution < 1.29 is 19.0 Å². The van der Waals surface area contributed by atoms with Crippen LogP contribution in [0.1, 0.15) is 11.7 Å². The average molecular weight is 210 g/mol. The minimum Gasteiger partial charge on any atom is -0.466 e. The monoisotopic (exact) mass is 210 g/mol. The lowest BCUT2D eigenvalue weighted by atomic mass is 10.0. The first-order valence-electron chi connectivity index (χ1n) is 4.27. The summed E-state index contributed by atoms with van der Waals surface area (Å²) in [7, 11) is 1.17. The Kier molecular flexibility index (Phi) is 3.57. The lowest BCUT2D eigenvalue weighted by molar-refractivity contribution is -0.137. The van der Waals surface area contributed by atoms with Crippen LogP contribution >= 0.6 is 0 Å². The predicted molar refractivity (Wildman–Crippen MR) is 52.5 cm³/mol. The topological polar surface area (TPSA) is 46.5 Å². The molecule has 80 valence electrons. The number of esters is 1. The van der Waals surface area contributed by atoms with Gasteiger partial charge in [-0.25, -0.2) is 9.18 Å². The molecule has 0 amide bonds. The van der Waals surface area contributed by atoms with Crippen LogP contribution in [0.2, 0.25) is 0 Å². The molecule has 1 rings (SSSR count). The molecule has 0 spiro atoms. The van der Waals surface area contributed by atoms with E-state index in [0.717, 1.165) is 0 Å². The van der Waals surface area contributed by atoms with Crippen molar-refractivity contribution in [1.29, 1.82) is 0 Å². The maximum Gasteiger partial charge on any atom is 0.336 e. The van der Waals surface area contributed by atoms with E-state index >= 15 is 0 Å². The lowest BCUT2D eigenvalue weighted by Gasteiger charge is -2.12. The van der Waals surface area contributed by atoms with E-state index in [1.165, 1.54) is 25.3 Å². The van der Waals surface area contributed by atoms with Gasteiger partial charge in [-0.15, -0.1) is 0 Å². The van der Waals surface area contributed by atoms with Crippen molar-refractivity contribution in [3.63, 3.8) is 0 Å². The van der Waals surface area contributed by atoms with Crippen molar-refractivity contribution in [2.24, 2.45) is 0 Å². The molecule has 0 aliphatic heterocycles.